The van der Waals surface area contributed by atoms with Gasteiger partial charge in [0.15, 0.2) is 0 Å². The molecule has 0 bridgehead atoms. The van der Waals surface area contributed by atoms with Crippen molar-refractivity contribution < 1.29 is 0 Å². The normalized spacial score (nSPS) is 12.2. The minimum atomic E-state index is 1.04. The van der Waals surface area contributed by atoms with Crippen LogP contribution in [0, 0.1) is 0 Å². The zero-order valence-electron chi connectivity index (χ0n) is 9.13. The predicted octanol–water partition coefficient (Wildman–Crippen LogP) is 6.83. The molecule has 0 saturated heterocycles. The second kappa shape index (κ2) is 6.51. The van der Waals surface area contributed by atoms with Crippen LogP contribution in [0.1, 0.15) is 11.1 Å². The molecule has 0 fully saturated rings. The van der Waals surface area contributed by atoms with E-state index in [1.54, 1.807) is 0 Å². The summed E-state index contributed by atoms with van der Waals surface area (Å²) in [4.78, 5) is 0. The molecular formula is C14H8Br4. The van der Waals surface area contributed by atoms with Gasteiger partial charge < -0.3 is 0 Å². The summed E-state index contributed by atoms with van der Waals surface area (Å²) in [6.45, 7) is 0. The lowest BCUT2D eigenvalue weighted by Crippen LogP contribution is -1.82. The van der Waals surface area contributed by atoms with Crippen LogP contribution in [0.3, 0.4) is 0 Å². The van der Waals surface area contributed by atoms with Gasteiger partial charge in [-0.1, -0.05) is 56.1 Å². The second-order valence-corrected chi connectivity index (χ2v) is 7.06. The van der Waals surface area contributed by atoms with Gasteiger partial charge in [-0.05, 0) is 67.3 Å². The van der Waals surface area contributed by atoms with Gasteiger partial charge in [-0.25, -0.2) is 0 Å². The topological polar surface area (TPSA) is 0 Å². The lowest BCUT2D eigenvalue weighted by Gasteiger charge is -2.06. The molecule has 0 N–H and O–H groups in total. The molecule has 0 aliphatic heterocycles. The van der Waals surface area contributed by atoms with Crippen LogP contribution in [-0.4, -0.2) is 0 Å². The van der Waals surface area contributed by atoms with E-state index < -0.39 is 0 Å². The average Bonchev–Trinajstić information content (AvgIpc) is 2.39. The first-order valence-electron chi connectivity index (χ1n) is 5.15. The summed E-state index contributed by atoms with van der Waals surface area (Å²) in [5, 5.41) is 0. The SMILES string of the molecule is BrC(=C(Br)c1ccc(Br)cc1)c1ccc(Br)cc1. The van der Waals surface area contributed by atoms with E-state index >= 15 is 0 Å². The second-order valence-electron chi connectivity index (χ2n) is 3.64. The van der Waals surface area contributed by atoms with Crippen LogP contribution in [0.2, 0.25) is 0 Å². The van der Waals surface area contributed by atoms with Crippen LogP contribution in [0.4, 0.5) is 0 Å². The first-order valence-corrected chi connectivity index (χ1v) is 8.32. The molecule has 0 aliphatic carbocycles. The lowest BCUT2D eigenvalue weighted by atomic mass is 10.1. The van der Waals surface area contributed by atoms with Gasteiger partial charge in [-0.15, -0.1) is 0 Å². The smallest absolute Gasteiger partial charge is 0.0395 e. The quantitative estimate of drug-likeness (QED) is 0.401. The Morgan fingerprint density at radius 3 is 1.11 bits per heavy atom. The first kappa shape index (κ1) is 14.5. The molecule has 0 unspecified atom stereocenters. The molecule has 2 rings (SSSR count). The Kier molecular flexibility index (Phi) is 5.24. The summed E-state index contributed by atoms with van der Waals surface area (Å²) in [6, 6.07) is 16.4. The summed E-state index contributed by atoms with van der Waals surface area (Å²) in [5.74, 6) is 0. The van der Waals surface area contributed by atoms with Crippen molar-refractivity contribution in [2.24, 2.45) is 0 Å². The Labute approximate surface area is 140 Å². The predicted molar refractivity (Wildman–Crippen MR) is 93.0 cm³/mol. The molecule has 2 aromatic rings. The molecule has 18 heavy (non-hydrogen) atoms. The minimum absolute atomic E-state index is 1.04. The summed E-state index contributed by atoms with van der Waals surface area (Å²) in [7, 11) is 0. The van der Waals surface area contributed by atoms with Crippen LogP contribution in [0.15, 0.2) is 57.5 Å². The van der Waals surface area contributed by atoms with E-state index in [1.165, 1.54) is 0 Å². The number of hydrogen-bond donors (Lipinski definition) is 0. The van der Waals surface area contributed by atoms with Gasteiger partial charge in [0, 0.05) is 17.9 Å². The first-order chi connectivity index (χ1) is 8.58. The minimum Gasteiger partial charge on any atom is -0.0527 e. The average molecular weight is 496 g/mol. The summed E-state index contributed by atoms with van der Waals surface area (Å²) < 4.78 is 4.23. The van der Waals surface area contributed by atoms with Gasteiger partial charge in [0.25, 0.3) is 0 Å². The van der Waals surface area contributed by atoms with Crippen molar-refractivity contribution in [1.82, 2.24) is 0 Å². The van der Waals surface area contributed by atoms with Crippen molar-refractivity contribution in [3.05, 3.63) is 68.6 Å². The maximum Gasteiger partial charge on any atom is 0.0395 e. The summed E-state index contributed by atoms with van der Waals surface area (Å²) in [5.41, 5.74) is 2.26. The van der Waals surface area contributed by atoms with E-state index in [1.807, 2.05) is 24.3 Å². The highest BCUT2D eigenvalue weighted by atomic mass is 79.9. The summed E-state index contributed by atoms with van der Waals surface area (Å²) >= 11 is 14.1. The van der Waals surface area contributed by atoms with E-state index in [4.69, 9.17) is 0 Å². The van der Waals surface area contributed by atoms with Crippen molar-refractivity contribution in [2.75, 3.05) is 0 Å². The Balaban J connectivity index is 2.40. The molecule has 0 nitrogen and oxygen atoms in total. The maximum absolute atomic E-state index is 3.64. The number of halogens is 4. The van der Waals surface area contributed by atoms with E-state index in [2.05, 4.69) is 88.0 Å². The van der Waals surface area contributed by atoms with Gasteiger partial charge in [0.1, 0.15) is 0 Å². The molecule has 0 aromatic heterocycles. The van der Waals surface area contributed by atoms with E-state index in [-0.39, 0.29) is 0 Å². The van der Waals surface area contributed by atoms with Crippen molar-refractivity contribution in [2.45, 2.75) is 0 Å². The zero-order valence-corrected chi connectivity index (χ0v) is 15.5. The number of hydrogen-bond acceptors (Lipinski definition) is 0. The fraction of sp³-hybridized carbons (Fsp3) is 0. The Bertz CT molecular complexity index is 514. The van der Waals surface area contributed by atoms with Gasteiger partial charge in [-0.2, -0.15) is 0 Å². The van der Waals surface area contributed by atoms with E-state index in [0.717, 1.165) is 29.0 Å². The zero-order chi connectivity index (χ0) is 13.1. The van der Waals surface area contributed by atoms with Crippen LogP contribution < -0.4 is 0 Å². The van der Waals surface area contributed by atoms with Gasteiger partial charge in [-0.3, -0.25) is 0 Å². The summed E-state index contributed by atoms with van der Waals surface area (Å²) in [6.07, 6.45) is 0. The third-order valence-corrected chi connectivity index (χ3v) is 5.69. The standard InChI is InChI=1S/C14H8Br4/c15-11-5-1-9(2-6-11)13(17)14(18)10-3-7-12(16)8-4-10/h1-8H. The molecule has 0 heterocycles. The van der Waals surface area contributed by atoms with Crippen LogP contribution in [0.5, 0.6) is 0 Å². The molecule has 92 valence electrons. The Morgan fingerprint density at radius 2 is 0.833 bits per heavy atom. The van der Waals surface area contributed by atoms with Crippen LogP contribution in [0.25, 0.3) is 8.96 Å². The van der Waals surface area contributed by atoms with Crippen LogP contribution in [-0.2, 0) is 0 Å². The molecule has 0 aliphatic rings. The third-order valence-electron chi connectivity index (χ3n) is 2.39. The molecule has 0 saturated carbocycles. The molecular weight excluding hydrogens is 488 g/mol. The molecule has 0 amide bonds. The Hall–Kier alpha value is 0.1000. The van der Waals surface area contributed by atoms with Crippen molar-refractivity contribution >= 4 is 72.7 Å². The number of benzene rings is 2. The Morgan fingerprint density at radius 1 is 0.556 bits per heavy atom. The van der Waals surface area contributed by atoms with Crippen molar-refractivity contribution in [3.63, 3.8) is 0 Å². The van der Waals surface area contributed by atoms with E-state index in [9.17, 15) is 0 Å². The molecule has 4 heteroatoms. The molecule has 2 aromatic carbocycles. The molecule has 0 spiro atoms. The third kappa shape index (κ3) is 3.56. The highest BCUT2D eigenvalue weighted by molar-refractivity contribution is 9.18. The fourth-order valence-electron chi connectivity index (χ4n) is 1.45. The largest absolute Gasteiger partial charge is 0.0527 e. The van der Waals surface area contributed by atoms with Gasteiger partial charge >= 0.3 is 0 Å². The fourth-order valence-corrected chi connectivity index (χ4v) is 2.96. The van der Waals surface area contributed by atoms with Crippen molar-refractivity contribution in [1.29, 1.82) is 0 Å². The van der Waals surface area contributed by atoms with Gasteiger partial charge in [0.2, 0.25) is 0 Å². The van der Waals surface area contributed by atoms with Crippen molar-refractivity contribution in [3.8, 4) is 0 Å². The van der Waals surface area contributed by atoms with Gasteiger partial charge in [0.05, 0.1) is 0 Å². The van der Waals surface area contributed by atoms with E-state index in [0.29, 0.717) is 0 Å². The molecule has 0 radical (unpaired) electrons. The number of rotatable bonds is 2. The highest BCUT2D eigenvalue weighted by Crippen LogP contribution is 2.36. The van der Waals surface area contributed by atoms with Crippen LogP contribution >= 0.6 is 63.7 Å². The highest BCUT2D eigenvalue weighted by Gasteiger charge is 2.06. The molecule has 0 atom stereocenters. The monoisotopic (exact) mass is 492 g/mol. The maximum atomic E-state index is 3.64. The lowest BCUT2D eigenvalue weighted by molar-refractivity contribution is 1.59.